The van der Waals surface area contributed by atoms with Crippen LogP contribution in [0, 0.1) is 5.82 Å². The summed E-state index contributed by atoms with van der Waals surface area (Å²) in [5.74, 6) is -0.203. The molecule has 0 radical (unpaired) electrons. The molecule has 0 aromatic heterocycles. The lowest BCUT2D eigenvalue weighted by Crippen LogP contribution is -2.20. The van der Waals surface area contributed by atoms with Crippen molar-refractivity contribution in [3.63, 3.8) is 0 Å². The molecule has 0 aliphatic carbocycles. The van der Waals surface area contributed by atoms with Crippen LogP contribution in [-0.2, 0) is 0 Å². The lowest BCUT2D eigenvalue weighted by atomic mass is 10.1. The highest BCUT2D eigenvalue weighted by Gasteiger charge is 2.09. The number of hydrogen-bond acceptors (Lipinski definition) is 1. The van der Waals surface area contributed by atoms with Gasteiger partial charge < -0.3 is 5.32 Å². The molecule has 1 aromatic rings. The Morgan fingerprint density at radius 3 is 2.86 bits per heavy atom. The van der Waals surface area contributed by atoms with Gasteiger partial charge in [-0.15, -0.1) is 0 Å². The van der Waals surface area contributed by atoms with Crippen LogP contribution in [0.5, 0.6) is 0 Å². The van der Waals surface area contributed by atoms with Gasteiger partial charge in [-0.25, -0.2) is 4.39 Å². The minimum atomic E-state index is -0.203. The molecule has 1 atom stereocenters. The van der Waals surface area contributed by atoms with Gasteiger partial charge >= 0.3 is 0 Å². The first-order chi connectivity index (χ1) is 6.65. The number of benzene rings is 1. The summed E-state index contributed by atoms with van der Waals surface area (Å²) in [7, 11) is 0. The normalized spacial score (nSPS) is 12.9. The van der Waals surface area contributed by atoms with Crippen LogP contribution in [0.2, 0.25) is 5.02 Å². The van der Waals surface area contributed by atoms with E-state index in [1.165, 1.54) is 6.07 Å². The topological polar surface area (TPSA) is 12.0 Å². The summed E-state index contributed by atoms with van der Waals surface area (Å²) in [4.78, 5) is 0. The van der Waals surface area contributed by atoms with E-state index in [9.17, 15) is 4.39 Å². The predicted molar refractivity (Wildman–Crippen MR) is 58.1 cm³/mol. The molecule has 0 bridgehead atoms. The largest absolute Gasteiger partial charge is 0.310 e. The van der Waals surface area contributed by atoms with Crippen LogP contribution < -0.4 is 5.32 Å². The minimum Gasteiger partial charge on any atom is -0.310 e. The molecule has 0 spiro atoms. The molecule has 0 fully saturated rings. The van der Waals surface area contributed by atoms with Gasteiger partial charge in [0.1, 0.15) is 5.82 Å². The van der Waals surface area contributed by atoms with Crippen molar-refractivity contribution in [3.05, 3.63) is 34.6 Å². The number of halogens is 2. The summed E-state index contributed by atoms with van der Waals surface area (Å²) in [5, 5.41) is 3.79. The maximum absolute atomic E-state index is 13.3. The molecular weight excluding hydrogens is 201 g/mol. The average Bonchev–Trinajstić information content (AvgIpc) is 2.18. The standard InChI is InChI=1S/C11H15ClFN/c1-3-6-14-8(2)10-7-9(12)4-5-11(10)13/h4-5,7-8,14H,3,6H2,1-2H3. The van der Waals surface area contributed by atoms with Gasteiger partial charge in [0.15, 0.2) is 0 Å². The molecule has 0 saturated heterocycles. The Labute approximate surface area is 89.3 Å². The molecule has 1 aromatic carbocycles. The lowest BCUT2D eigenvalue weighted by molar-refractivity contribution is 0.527. The van der Waals surface area contributed by atoms with Gasteiger partial charge in [0.25, 0.3) is 0 Å². The molecule has 0 heterocycles. The Kier molecular flexibility index (Phi) is 4.36. The number of hydrogen-bond donors (Lipinski definition) is 1. The van der Waals surface area contributed by atoms with E-state index in [1.807, 2.05) is 6.92 Å². The van der Waals surface area contributed by atoms with Crippen molar-refractivity contribution < 1.29 is 4.39 Å². The van der Waals surface area contributed by atoms with Crippen LogP contribution in [0.25, 0.3) is 0 Å². The average molecular weight is 216 g/mol. The lowest BCUT2D eigenvalue weighted by Gasteiger charge is -2.14. The smallest absolute Gasteiger partial charge is 0.128 e. The number of nitrogens with one attached hydrogen (secondary N) is 1. The zero-order chi connectivity index (χ0) is 10.6. The highest BCUT2D eigenvalue weighted by molar-refractivity contribution is 6.30. The van der Waals surface area contributed by atoms with Crippen LogP contribution in [0.1, 0.15) is 31.9 Å². The fourth-order valence-electron chi connectivity index (χ4n) is 1.32. The Bertz CT molecular complexity index is 301. The van der Waals surface area contributed by atoms with E-state index >= 15 is 0 Å². The summed E-state index contributed by atoms with van der Waals surface area (Å²) >= 11 is 5.80. The van der Waals surface area contributed by atoms with E-state index in [4.69, 9.17) is 11.6 Å². The van der Waals surface area contributed by atoms with Crippen molar-refractivity contribution in [3.8, 4) is 0 Å². The maximum atomic E-state index is 13.3. The first kappa shape index (κ1) is 11.5. The molecule has 3 heteroatoms. The Morgan fingerprint density at radius 2 is 2.21 bits per heavy atom. The summed E-state index contributed by atoms with van der Waals surface area (Å²) in [6, 6.07) is 4.65. The fourth-order valence-corrected chi connectivity index (χ4v) is 1.50. The van der Waals surface area contributed by atoms with Crippen LogP contribution in [0.4, 0.5) is 4.39 Å². The van der Waals surface area contributed by atoms with Crippen LogP contribution in [0.3, 0.4) is 0 Å². The monoisotopic (exact) mass is 215 g/mol. The third-order valence-electron chi connectivity index (χ3n) is 2.13. The molecular formula is C11H15ClFN. The Morgan fingerprint density at radius 1 is 1.50 bits per heavy atom. The van der Waals surface area contributed by atoms with Crippen LogP contribution >= 0.6 is 11.6 Å². The van der Waals surface area contributed by atoms with Gasteiger partial charge in [-0.05, 0) is 38.1 Å². The van der Waals surface area contributed by atoms with Crippen molar-refractivity contribution in [1.82, 2.24) is 5.32 Å². The van der Waals surface area contributed by atoms with Crippen molar-refractivity contribution in [2.45, 2.75) is 26.3 Å². The third-order valence-corrected chi connectivity index (χ3v) is 2.36. The van der Waals surface area contributed by atoms with Gasteiger partial charge in [0.2, 0.25) is 0 Å². The van der Waals surface area contributed by atoms with Crippen LogP contribution in [0.15, 0.2) is 18.2 Å². The molecule has 1 rings (SSSR count). The van der Waals surface area contributed by atoms with E-state index < -0.39 is 0 Å². The summed E-state index contributed by atoms with van der Waals surface area (Å²) in [6.45, 7) is 4.89. The quantitative estimate of drug-likeness (QED) is 0.810. The molecule has 0 aliphatic heterocycles. The maximum Gasteiger partial charge on any atom is 0.128 e. The van der Waals surface area contributed by atoms with Crippen LogP contribution in [-0.4, -0.2) is 6.54 Å². The second-order valence-corrected chi connectivity index (χ2v) is 3.78. The molecule has 14 heavy (non-hydrogen) atoms. The molecule has 0 amide bonds. The van der Waals surface area contributed by atoms with Crippen molar-refractivity contribution >= 4 is 11.6 Å². The first-order valence-electron chi connectivity index (χ1n) is 4.83. The molecule has 0 aliphatic rings. The molecule has 1 N–H and O–H groups in total. The molecule has 1 nitrogen and oxygen atoms in total. The van der Waals surface area contributed by atoms with E-state index in [0.29, 0.717) is 10.6 Å². The van der Waals surface area contributed by atoms with E-state index in [1.54, 1.807) is 12.1 Å². The SMILES string of the molecule is CCCNC(C)c1cc(Cl)ccc1F. The molecule has 78 valence electrons. The fraction of sp³-hybridized carbons (Fsp3) is 0.455. The van der Waals surface area contributed by atoms with Gasteiger partial charge in [-0.3, -0.25) is 0 Å². The Hall–Kier alpha value is -0.600. The minimum absolute atomic E-state index is 0.00801. The Balaban J connectivity index is 2.77. The van der Waals surface area contributed by atoms with E-state index in [2.05, 4.69) is 12.2 Å². The highest BCUT2D eigenvalue weighted by Crippen LogP contribution is 2.20. The molecule has 0 saturated carbocycles. The third kappa shape index (κ3) is 2.96. The van der Waals surface area contributed by atoms with Gasteiger partial charge in [0, 0.05) is 16.6 Å². The second kappa shape index (κ2) is 5.32. The van der Waals surface area contributed by atoms with E-state index in [0.717, 1.165) is 13.0 Å². The van der Waals surface area contributed by atoms with Crippen molar-refractivity contribution in [2.24, 2.45) is 0 Å². The summed E-state index contributed by atoms with van der Waals surface area (Å²) < 4.78 is 13.3. The second-order valence-electron chi connectivity index (χ2n) is 3.34. The van der Waals surface area contributed by atoms with Gasteiger partial charge in [-0.2, -0.15) is 0 Å². The summed E-state index contributed by atoms with van der Waals surface area (Å²) in [6.07, 6.45) is 1.03. The van der Waals surface area contributed by atoms with Gasteiger partial charge in [0.05, 0.1) is 0 Å². The van der Waals surface area contributed by atoms with E-state index in [-0.39, 0.29) is 11.9 Å². The van der Waals surface area contributed by atoms with Gasteiger partial charge in [-0.1, -0.05) is 18.5 Å². The first-order valence-corrected chi connectivity index (χ1v) is 5.21. The zero-order valence-corrected chi connectivity index (χ0v) is 9.24. The summed E-state index contributed by atoms with van der Waals surface area (Å²) in [5.41, 5.74) is 0.631. The highest BCUT2D eigenvalue weighted by atomic mass is 35.5. The van der Waals surface area contributed by atoms with Crippen molar-refractivity contribution in [1.29, 1.82) is 0 Å². The zero-order valence-electron chi connectivity index (χ0n) is 8.48. The molecule has 1 unspecified atom stereocenters. The predicted octanol–water partition coefficient (Wildman–Crippen LogP) is 3.54. The van der Waals surface area contributed by atoms with Crippen molar-refractivity contribution in [2.75, 3.05) is 6.54 Å². The number of rotatable bonds is 4.